The number of nitrogen functional groups attached to an aromatic ring is 1. The van der Waals surface area contributed by atoms with Gasteiger partial charge >= 0.3 is 0 Å². The van der Waals surface area contributed by atoms with Crippen molar-refractivity contribution in [2.24, 2.45) is 0 Å². The number of halogens is 2. The number of rotatable bonds is 3. The van der Waals surface area contributed by atoms with Crippen LogP contribution in [0.2, 0.25) is 0 Å². The molecule has 0 atom stereocenters. The van der Waals surface area contributed by atoms with E-state index >= 15 is 0 Å². The Hall–Kier alpha value is -0.570. The van der Waals surface area contributed by atoms with Gasteiger partial charge in [-0.15, -0.1) is 11.3 Å². The normalized spacial score (nSPS) is 11.6. The van der Waals surface area contributed by atoms with Crippen LogP contribution >= 0.6 is 43.2 Å². The minimum atomic E-state index is -3.65. The van der Waals surface area contributed by atoms with E-state index in [0.717, 1.165) is 18.7 Å². The summed E-state index contributed by atoms with van der Waals surface area (Å²) in [6.45, 7) is 3.57. The van der Waals surface area contributed by atoms with Gasteiger partial charge in [0, 0.05) is 9.35 Å². The molecule has 0 aliphatic carbocycles. The van der Waals surface area contributed by atoms with Crippen molar-refractivity contribution in [2.45, 2.75) is 18.7 Å². The van der Waals surface area contributed by atoms with Crippen molar-refractivity contribution >= 4 is 64.6 Å². The summed E-state index contributed by atoms with van der Waals surface area (Å²) in [5, 5.41) is 0. The molecule has 4 nitrogen and oxygen atoms in total. The van der Waals surface area contributed by atoms with Gasteiger partial charge in [-0.2, -0.15) is 0 Å². The summed E-state index contributed by atoms with van der Waals surface area (Å²) in [5.74, 6) is 0. The molecule has 0 amide bonds. The highest BCUT2D eigenvalue weighted by molar-refractivity contribution is 9.11. The van der Waals surface area contributed by atoms with Gasteiger partial charge in [0.25, 0.3) is 10.0 Å². The molecule has 0 bridgehead atoms. The molecular weight excluding hydrogens is 428 g/mol. The highest BCUT2D eigenvalue weighted by Crippen LogP contribution is 2.33. The summed E-state index contributed by atoms with van der Waals surface area (Å²) in [4.78, 5) is 0.980. The topological polar surface area (TPSA) is 72.2 Å². The van der Waals surface area contributed by atoms with E-state index in [1.165, 1.54) is 11.3 Å². The first kappa shape index (κ1) is 15.8. The number of hydrogen-bond acceptors (Lipinski definition) is 4. The maximum Gasteiger partial charge on any atom is 0.263 e. The van der Waals surface area contributed by atoms with Crippen LogP contribution in [0.15, 0.2) is 31.4 Å². The summed E-state index contributed by atoms with van der Waals surface area (Å²) in [5.41, 5.74) is 7.44. The Kier molecular flexibility index (Phi) is 4.48. The largest absolute Gasteiger partial charge is 0.397 e. The van der Waals surface area contributed by atoms with Crippen LogP contribution in [0, 0.1) is 13.8 Å². The fraction of sp³-hybridized carbons (Fsp3) is 0.167. The van der Waals surface area contributed by atoms with Gasteiger partial charge in [0.1, 0.15) is 4.90 Å². The quantitative estimate of drug-likeness (QED) is 0.701. The molecule has 0 aliphatic rings. The number of aryl methyl sites for hydroxylation is 2. The second-order valence-electron chi connectivity index (χ2n) is 4.26. The van der Waals surface area contributed by atoms with Crippen molar-refractivity contribution in [3.05, 3.63) is 36.9 Å². The van der Waals surface area contributed by atoms with Gasteiger partial charge in [-0.1, -0.05) is 15.9 Å². The summed E-state index contributed by atoms with van der Waals surface area (Å²) in [6, 6.07) is 5.07. The maximum absolute atomic E-state index is 12.4. The van der Waals surface area contributed by atoms with E-state index in [4.69, 9.17) is 5.73 Å². The fourth-order valence-electron chi connectivity index (χ4n) is 1.80. The molecule has 0 saturated carbocycles. The Morgan fingerprint density at radius 1 is 1.20 bits per heavy atom. The molecule has 2 aromatic rings. The molecule has 1 aromatic carbocycles. The van der Waals surface area contributed by atoms with Crippen molar-refractivity contribution in [1.29, 1.82) is 0 Å². The molecule has 0 fully saturated rings. The molecule has 3 N–H and O–H groups in total. The molecule has 0 unspecified atom stereocenters. The number of nitrogens with one attached hydrogen (secondary N) is 1. The van der Waals surface area contributed by atoms with E-state index in [9.17, 15) is 8.42 Å². The monoisotopic (exact) mass is 438 g/mol. The first-order chi connectivity index (χ1) is 9.20. The zero-order valence-electron chi connectivity index (χ0n) is 10.7. The van der Waals surface area contributed by atoms with Crippen molar-refractivity contribution in [3.8, 4) is 0 Å². The lowest BCUT2D eigenvalue weighted by molar-refractivity contribution is 0.601. The zero-order chi connectivity index (χ0) is 15.1. The summed E-state index contributed by atoms with van der Waals surface area (Å²) < 4.78 is 29.0. The van der Waals surface area contributed by atoms with E-state index in [-0.39, 0.29) is 4.90 Å². The fourth-order valence-corrected chi connectivity index (χ4v) is 5.96. The van der Waals surface area contributed by atoms with Crippen LogP contribution in [0.3, 0.4) is 0 Å². The molecule has 2 rings (SSSR count). The molecule has 1 heterocycles. The first-order valence-corrected chi connectivity index (χ1v) is 9.43. The van der Waals surface area contributed by atoms with Crippen molar-refractivity contribution in [3.63, 3.8) is 0 Å². The Balaban J connectivity index is 2.46. The molecule has 0 aliphatic heterocycles. The molecule has 0 radical (unpaired) electrons. The van der Waals surface area contributed by atoms with Crippen molar-refractivity contribution in [1.82, 2.24) is 0 Å². The molecule has 108 valence electrons. The van der Waals surface area contributed by atoms with Crippen LogP contribution in [0.5, 0.6) is 0 Å². The second-order valence-corrected chi connectivity index (χ2v) is 9.47. The predicted molar refractivity (Wildman–Crippen MR) is 90.9 cm³/mol. The minimum absolute atomic E-state index is 0.260. The van der Waals surface area contributed by atoms with Crippen molar-refractivity contribution < 1.29 is 8.42 Å². The van der Waals surface area contributed by atoms with Gasteiger partial charge in [-0.05, 0) is 53.5 Å². The third kappa shape index (κ3) is 3.19. The van der Waals surface area contributed by atoms with E-state index < -0.39 is 10.0 Å². The number of benzene rings is 1. The van der Waals surface area contributed by atoms with Crippen LogP contribution in [-0.4, -0.2) is 8.42 Å². The predicted octanol–water partition coefficient (Wildman–Crippen LogP) is 4.27. The smallest absolute Gasteiger partial charge is 0.263 e. The number of sulfonamides is 1. The molecule has 0 saturated heterocycles. The molecule has 8 heteroatoms. The van der Waals surface area contributed by atoms with Crippen LogP contribution in [0.25, 0.3) is 0 Å². The molecule has 1 aromatic heterocycles. The molecular formula is C12H12Br2N2O2S2. The van der Waals surface area contributed by atoms with Crippen LogP contribution in [0.1, 0.15) is 10.4 Å². The average Bonchev–Trinajstić information content (AvgIpc) is 2.64. The van der Waals surface area contributed by atoms with E-state index in [2.05, 4.69) is 36.6 Å². The van der Waals surface area contributed by atoms with E-state index in [1.54, 1.807) is 26.0 Å². The summed E-state index contributed by atoms with van der Waals surface area (Å²) >= 11 is 8.00. The molecule has 20 heavy (non-hydrogen) atoms. The second kappa shape index (κ2) is 5.67. The van der Waals surface area contributed by atoms with Crippen molar-refractivity contribution in [2.75, 3.05) is 10.5 Å². The lowest BCUT2D eigenvalue weighted by Gasteiger charge is -2.13. The van der Waals surface area contributed by atoms with Gasteiger partial charge in [-0.3, -0.25) is 4.72 Å². The van der Waals surface area contributed by atoms with E-state index in [0.29, 0.717) is 11.4 Å². The number of hydrogen-bond donors (Lipinski definition) is 2. The number of anilines is 2. The SMILES string of the molecule is Cc1cc(Br)cc(N)c1NS(=O)(=O)c1cc(Br)sc1C. The highest BCUT2D eigenvalue weighted by Gasteiger charge is 2.21. The van der Waals surface area contributed by atoms with Crippen LogP contribution in [-0.2, 0) is 10.0 Å². The van der Waals surface area contributed by atoms with Gasteiger partial charge in [0.05, 0.1) is 15.2 Å². The Morgan fingerprint density at radius 2 is 1.85 bits per heavy atom. The van der Waals surface area contributed by atoms with Gasteiger partial charge in [0.15, 0.2) is 0 Å². The van der Waals surface area contributed by atoms with Gasteiger partial charge in [-0.25, -0.2) is 8.42 Å². The lowest BCUT2D eigenvalue weighted by Crippen LogP contribution is -2.15. The lowest BCUT2D eigenvalue weighted by atomic mass is 10.2. The first-order valence-electron chi connectivity index (χ1n) is 5.55. The van der Waals surface area contributed by atoms with E-state index in [1.807, 2.05) is 6.07 Å². The average molecular weight is 440 g/mol. The Morgan fingerprint density at radius 3 is 2.35 bits per heavy atom. The number of nitrogens with two attached hydrogens (primary N) is 1. The standard InChI is InChI=1S/C12H12Br2N2O2S2/c1-6-3-8(13)4-9(15)12(6)16-20(17,18)10-5-11(14)19-7(10)2/h3-5,16H,15H2,1-2H3. The minimum Gasteiger partial charge on any atom is -0.397 e. The third-order valence-corrected chi connectivity index (χ3v) is 6.32. The van der Waals surface area contributed by atoms with Crippen LogP contribution < -0.4 is 10.5 Å². The Labute approximate surface area is 138 Å². The zero-order valence-corrected chi connectivity index (χ0v) is 15.5. The number of thiophene rings is 1. The Bertz CT molecular complexity index is 747. The third-order valence-electron chi connectivity index (χ3n) is 2.70. The maximum atomic E-state index is 12.4. The van der Waals surface area contributed by atoms with Crippen LogP contribution in [0.4, 0.5) is 11.4 Å². The van der Waals surface area contributed by atoms with Gasteiger partial charge < -0.3 is 5.73 Å². The summed E-state index contributed by atoms with van der Waals surface area (Å²) in [7, 11) is -3.65. The highest BCUT2D eigenvalue weighted by atomic mass is 79.9. The van der Waals surface area contributed by atoms with Gasteiger partial charge in [0.2, 0.25) is 0 Å². The molecule has 0 spiro atoms. The summed E-state index contributed by atoms with van der Waals surface area (Å²) in [6.07, 6.45) is 0.